The Balaban J connectivity index is 1.28. The Morgan fingerprint density at radius 2 is 1.68 bits per heavy atom. The van der Waals surface area contributed by atoms with Crippen molar-refractivity contribution < 1.29 is 29.0 Å². The van der Waals surface area contributed by atoms with E-state index in [4.69, 9.17) is 14.6 Å². The number of carboxylic acid groups (broad SMARTS) is 1. The molecule has 0 bridgehead atoms. The van der Waals surface area contributed by atoms with Gasteiger partial charge in [-0.2, -0.15) is 0 Å². The SMILES string of the molecule is CC[C@@H](CC(=O)N1CC(C)(OCC(=O)O)C1)NC(=O)OCC1c2ccccc2-c2ccccc21. The number of aliphatic carboxylic acids is 1. The monoisotopic (exact) mass is 466 g/mol. The van der Waals surface area contributed by atoms with Crippen molar-refractivity contribution >= 4 is 18.0 Å². The fourth-order valence-electron chi connectivity index (χ4n) is 4.71. The number of carbonyl (C=O) groups excluding carboxylic acids is 2. The summed E-state index contributed by atoms with van der Waals surface area (Å²) in [6.45, 7) is 4.18. The molecule has 2 aromatic carbocycles. The number of likely N-dealkylation sites (tertiary alicyclic amines) is 1. The van der Waals surface area contributed by atoms with Crippen LogP contribution in [0.2, 0.25) is 0 Å². The number of carboxylic acids is 1. The summed E-state index contributed by atoms with van der Waals surface area (Å²) in [6.07, 6.45) is 0.187. The molecular formula is C26H30N2O6. The highest BCUT2D eigenvalue weighted by molar-refractivity contribution is 5.80. The van der Waals surface area contributed by atoms with Crippen LogP contribution in [0.1, 0.15) is 43.7 Å². The minimum atomic E-state index is -1.04. The summed E-state index contributed by atoms with van der Waals surface area (Å²) >= 11 is 0. The highest BCUT2D eigenvalue weighted by Gasteiger charge is 2.43. The maximum atomic E-state index is 12.6. The molecule has 2 amide bonds. The van der Waals surface area contributed by atoms with E-state index in [0.717, 1.165) is 22.3 Å². The lowest BCUT2D eigenvalue weighted by molar-refractivity contribution is -0.173. The van der Waals surface area contributed by atoms with Crippen molar-refractivity contribution in [1.29, 1.82) is 0 Å². The third kappa shape index (κ3) is 5.07. The topological polar surface area (TPSA) is 105 Å². The van der Waals surface area contributed by atoms with Gasteiger partial charge in [0.05, 0.1) is 13.1 Å². The van der Waals surface area contributed by atoms with Crippen LogP contribution in [-0.4, -0.2) is 65.9 Å². The molecule has 0 radical (unpaired) electrons. The zero-order valence-electron chi connectivity index (χ0n) is 19.5. The van der Waals surface area contributed by atoms with Crippen molar-refractivity contribution in [3.8, 4) is 11.1 Å². The van der Waals surface area contributed by atoms with E-state index < -0.39 is 17.7 Å². The quantitative estimate of drug-likeness (QED) is 0.587. The van der Waals surface area contributed by atoms with Gasteiger partial charge in [0.25, 0.3) is 0 Å². The number of hydrogen-bond donors (Lipinski definition) is 2. The molecule has 34 heavy (non-hydrogen) atoms. The van der Waals surface area contributed by atoms with Crippen LogP contribution >= 0.6 is 0 Å². The van der Waals surface area contributed by atoms with Gasteiger partial charge in [-0.25, -0.2) is 9.59 Å². The van der Waals surface area contributed by atoms with Gasteiger partial charge in [0.1, 0.15) is 18.8 Å². The minimum Gasteiger partial charge on any atom is -0.480 e. The fourth-order valence-corrected chi connectivity index (χ4v) is 4.71. The van der Waals surface area contributed by atoms with Crippen molar-refractivity contribution in [3.63, 3.8) is 0 Å². The zero-order chi connectivity index (χ0) is 24.3. The number of nitrogens with zero attached hydrogens (tertiary/aromatic N) is 1. The summed E-state index contributed by atoms with van der Waals surface area (Å²) in [4.78, 5) is 37.5. The minimum absolute atomic E-state index is 0.0237. The van der Waals surface area contributed by atoms with Crippen LogP contribution in [0.3, 0.4) is 0 Å². The second-order valence-electron chi connectivity index (χ2n) is 9.16. The fraction of sp³-hybridized carbons (Fsp3) is 0.423. The molecule has 4 rings (SSSR count). The first-order valence-corrected chi connectivity index (χ1v) is 11.5. The van der Waals surface area contributed by atoms with Crippen molar-refractivity contribution in [2.24, 2.45) is 0 Å². The number of hydrogen-bond acceptors (Lipinski definition) is 5. The normalized spacial score (nSPS) is 16.7. The summed E-state index contributed by atoms with van der Waals surface area (Å²) in [7, 11) is 0. The molecule has 1 heterocycles. The predicted molar refractivity (Wildman–Crippen MR) is 125 cm³/mol. The Morgan fingerprint density at radius 1 is 1.09 bits per heavy atom. The molecule has 2 aromatic rings. The van der Waals surface area contributed by atoms with Crippen LogP contribution in [0.15, 0.2) is 48.5 Å². The van der Waals surface area contributed by atoms with E-state index in [1.807, 2.05) is 31.2 Å². The van der Waals surface area contributed by atoms with Crippen molar-refractivity contribution in [3.05, 3.63) is 59.7 Å². The van der Waals surface area contributed by atoms with E-state index in [-0.39, 0.29) is 37.5 Å². The molecule has 2 aliphatic rings. The Hall–Kier alpha value is -3.39. The molecule has 0 spiro atoms. The number of alkyl carbamates (subject to hydrolysis) is 1. The molecule has 0 saturated carbocycles. The van der Waals surface area contributed by atoms with E-state index in [1.165, 1.54) is 0 Å². The average Bonchev–Trinajstić information content (AvgIpc) is 3.12. The lowest BCUT2D eigenvalue weighted by atomic mass is 9.95. The summed E-state index contributed by atoms with van der Waals surface area (Å²) < 4.78 is 10.9. The Kier molecular flexibility index (Phi) is 6.88. The van der Waals surface area contributed by atoms with Crippen LogP contribution in [0, 0.1) is 0 Å². The summed E-state index contributed by atoms with van der Waals surface area (Å²) in [5.41, 5.74) is 3.97. The number of carbonyl (C=O) groups is 3. The van der Waals surface area contributed by atoms with E-state index in [9.17, 15) is 14.4 Å². The maximum Gasteiger partial charge on any atom is 0.407 e. The third-order valence-corrected chi connectivity index (χ3v) is 6.53. The second-order valence-corrected chi connectivity index (χ2v) is 9.16. The maximum absolute atomic E-state index is 12.6. The number of rotatable bonds is 9. The van der Waals surface area contributed by atoms with Gasteiger partial charge < -0.3 is 24.8 Å². The number of benzene rings is 2. The van der Waals surface area contributed by atoms with E-state index in [0.29, 0.717) is 19.5 Å². The van der Waals surface area contributed by atoms with Gasteiger partial charge in [0, 0.05) is 18.4 Å². The zero-order valence-corrected chi connectivity index (χ0v) is 19.5. The highest BCUT2D eigenvalue weighted by Crippen LogP contribution is 2.44. The summed E-state index contributed by atoms with van der Waals surface area (Å²) in [5, 5.41) is 11.6. The number of amides is 2. The average molecular weight is 467 g/mol. The Morgan fingerprint density at radius 3 is 2.24 bits per heavy atom. The van der Waals surface area contributed by atoms with Gasteiger partial charge in [-0.05, 0) is 35.6 Å². The number of ether oxygens (including phenoxy) is 2. The Labute approximate surface area is 198 Å². The van der Waals surface area contributed by atoms with Gasteiger partial charge in [-0.15, -0.1) is 0 Å². The molecule has 1 atom stereocenters. The van der Waals surface area contributed by atoms with E-state index >= 15 is 0 Å². The standard InChI is InChI=1S/C26H30N2O6/c1-3-17(12-23(29)28-15-26(2,16-28)34-14-24(30)31)27-25(32)33-13-22-20-10-6-4-8-18(20)19-9-5-7-11-21(19)22/h4-11,17,22H,3,12-16H2,1-2H3,(H,27,32)(H,30,31)/t17-/m0/s1. The van der Waals surface area contributed by atoms with Crippen LogP contribution < -0.4 is 5.32 Å². The lowest BCUT2D eigenvalue weighted by Gasteiger charge is -2.47. The van der Waals surface area contributed by atoms with Gasteiger partial charge in [0.15, 0.2) is 0 Å². The highest BCUT2D eigenvalue weighted by atomic mass is 16.5. The van der Waals surface area contributed by atoms with E-state index in [2.05, 4.69) is 29.6 Å². The molecule has 1 aliphatic heterocycles. The van der Waals surface area contributed by atoms with Crippen LogP contribution in [-0.2, 0) is 19.1 Å². The van der Waals surface area contributed by atoms with Gasteiger partial charge in [-0.3, -0.25) is 4.79 Å². The molecule has 1 aliphatic carbocycles. The molecule has 2 N–H and O–H groups in total. The third-order valence-electron chi connectivity index (χ3n) is 6.53. The molecule has 8 nitrogen and oxygen atoms in total. The molecule has 180 valence electrons. The van der Waals surface area contributed by atoms with Crippen molar-refractivity contribution in [2.75, 3.05) is 26.3 Å². The Bertz CT molecular complexity index is 1030. The lowest BCUT2D eigenvalue weighted by Crippen LogP contribution is -2.64. The number of nitrogens with one attached hydrogen (secondary N) is 1. The molecule has 1 saturated heterocycles. The van der Waals surface area contributed by atoms with Crippen LogP contribution in [0.5, 0.6) is 0 Å². The van der Waals surface area contributed by atoms with Crippen LogP contribution in [0.4, 0.5) is 4.79 Å². The molecular weight excluding hydrogens is 436 g/mol. The van der Waals surface area contributed by atoms with Crippen LogP contribution in [0.25, 0.3) is 11.1 Å². The van der Waals surface area contributed by atoms with Gasteiger partial charge in [-0.1, -0.05) is 55.5 Å². The summed E-state index contributed by atoms with van der Waals surface area (Å²) in [6, 6.07) is 15.9. The van der Waals surface area contributed by atoms with Crippen molar-refractivity contribution in [2.45, 2.75) is 44.2 Å². The number of fused-ring (bicyclic) bond motifs is 3. The first-order chi connectivity index (χ1) is 16.3. The molecule has 8 heteroatoms. The first-order valence-electron chi connectivity index (χ1n) is 11.5. The van der Waals surface area contributed by atoms with Gasteiger partial charge >= 0.3 is 12.1 Å². The second kappa shape index (κ2) is 9.85. The van der Waals surface area contributed by atoms with E-state index in [1.54, 1.807) is 11.8 Å². The van der Waals surface area contributed by atoms with Crippen molar-refractivity contribution in [1.82, 2.24) is 10.2 Å². The van der Waals surface area contributed by atoms with Gasteiger partial charge in [0.2, 0.25) is 5.91 Å². The largest absolute Gasteiger partial charge is 0.480 e. The molecule has 0 unspecified atom stereocenters. The predicted octanol–water partition coefficient (Wildman–Crippen LogP) is 3.40. The molecule has 0 aromatic heterocycles. The first kappa shape index (κ1) is 23.8. The smallest absolute Gasteiger partial charge is 0.407 e. The molecule has 1 fully saturated rings. The summed E-state index contributed by atoms with van der Waals surface area (Å²) in [5.74, 6) is -1.17.